The minimum atomic E-state index is 0.0280. The number of hydrogen-bond donors (Lipinski definition) is 0. The molecule has 0 atom stereocenters. The maximum Gasteiger partial charge on any atom is 0.181 e. The number of nitrogens with zero attached hydrogens (tertiary/aromatic N) is 3. The van der Waals surface area contributed by atoms with Gasteiger partial charge in [-0.25, -0.2) is 0 Å². The van der Waals surface area contributed by atoms with E-state index in [1.165, 1.54) is 5.39 Å². The van der Waals surface area contributed by atoms with Crippen LogP contribution in [0, 0.1) is 0 Å². The third-order valence-corrected chi connectivity index (χ3v) is 3.23. The number of hydrogen-bond acceptors (Lipinski definition) is 2. The van der Waals surface area contributed by atoms with Gasteiger partial charge >= 0.3 is 0 Å². The molecule has 0 N–H and O–H groups in total. The van der Waals surface area contributed by atoms with Crippen LogP contribution in [0.25, 0.3) is 10.9 Å². The monoisotopic (exact) mass is 253 g/mol. The first-order valence-electron chi connectivity index (χ1n) is 6.38. The van der Waals surface area contributed by atoms with Gasteiger partial charge in [0.15, 0.2) is 5.43 Å². The number of pyridine rings is 1. The fraction of sp³-hybridized carbons (Fsp3) is 0.200. The van der Waals surface area contributed by atoms with E-state index in [2.05, 4.69) is 24.2 Å². The third kappa shape index (κ3) is 2.17. The van der Waals surface area contributed by atoms with Crippen LogP contribution in [-0.4, -0.2) is 14.3 Å². The molecule has 0 fully saturated rings. The smallest absolute Gasteiger partial charge is 0.181 e. The fourth-order valence-electron chi connectivity index (χ4n) is 2.28. The van der Waals surface area contributed by atoms with E-state index >= 15 is 0 Å². The van der Waals surface area contributed by atoms with E-state index < -0.39 is 0 Å². The highest BCUT2D eigenvalue weighted by Gasteiger charge is 2.08. The number of aryl methyl sites for hydroxylation is 1. The lowest BCUT2D eigenvalue weighted by molar-refractivity contribution is 0.652. The molecule has 0 aliphatic rings. The molecule has 96 valence electrons. The van der Waals surface area contributed by atoms with Crippen molar-refractivity contribution in [1.29, 1.82) is 0 Å². The largest absolute Gasteiger partial charge is 0.348 e. The summed E-state index contributed by atoms with van der Waals surface area (Å²) in [4.78, 5) is 11.1. The summed E-state index contributed by atoms with van der Waals surface area (Å²) in [7, 11) is 0. The summed E-state index contributed by atoms with van der Waals surface area (Å²) in [6.07, 6.45) is 3.59. The van der Waals surface area contributed by atoms with Crippen LogP contribution >= 0.6 is 0 Å². The molecular formula is C15H15N3O. The number of rotatable bonds is 3. The average molecular weight is 253 g/mol. The molecule has 4 heteroatoms. The summed E-state index contributed by atoms with van der Waals surface area (Å²) >= 11 is 0. The van der Waals surface area contributed by atoms with Crippen LogP contribution in [0.1, 0.15) is 12.6 Å². The van der Waals surface area contributed by atoms with Gasteiger partial charge in [-0.15, -0.1) is 0 Å². The first-order valence-corrected chi connectivity index (χ1v) is 6.38. The summed E-state index contributed by atoms with van der Waals surface area (Å²) in [5, 5.41) is 5.81. The van der Waals surface area contributed by atoms with Crippen molar-refractivity contribution in [3.05, 3.63) is 64.7 Å². The van der Waals surface area contributed by atoms with E-state index in [0.29, 0.717) is 6.54 Å². The Labute approximate surface area is 110 Å². The second-order valence-corrected chi connectivity index (χ2v) is 4.49. The quantitative estimate of drug-likeness (QED) is 0.718. The zero-order valence-electron chi connectivity index (χ0n) is 10.8. The van der Waals surface area contributed by atoms with Crippen molar-refractivity contribution in [3.63, 3.8) is 0 Å². The zero-order valence-corrected chi connectivity index (χ0v) is 10.8. The lowest BCUT2D eigenvalue weighted by Crippen LogP contribution is -2.06. The van der Waals surface area contributed by atoms with E-state index in [-0.39, 0.29) is 5.43 Å². The molecule has 0 aliphatic heterocycles. The number of aromatic nitrogens is 3. The van der Waals surface area contributed by atoms with Crippen molar-refractivity contribution in [1.82, 2.24) is 14.3 Å². The van der Waals surface area contributed by atoms with Crippen LogP contribution in [0.2, 0.25) is 0 Å². The predicted molar refractivity (Wildman–Crippen MR) is 75.2 cm³/mol. The lowest BCUT2D eigenvalue weighted by Gasteiger charge is -2.02. The van der Waals surface area contributed by atoms with E-state index in [1.807, 2.05) is 21.4 Å². The van der Waals surface area contributed by atoms with Gasteiger partial charge in [0, 0.05) is 36.5 Å². The van der Waals surface area contributed by atoms with E-state index in [0.717, 1.165) is 17.8 Å². The maximum absolute atomic E-state index is 11.1. The van der Waals surface area contributed by atoms with E-state index in [1.54, 1.807) is 24.5 Å². The molecule has 0 bridgehead atoms. The van der Waals surface area contributed by atoms with Gasteiger partial charge in [-0.05, 0) is 13.0 Å². The van der Waals surface area contributed by atoms with Crippen LogP contribution in [0.15, 0.2) is 53.6 Å². The van der Waals surface area contributed by atoms with Gasteiger partial charge in [-0.2, -0.15) is 5.10 Å². The minimum Gasteiger partial charge on any atom is -0.348 e. The summed E-state index contributed by atoms with van der Waals surface area (Å²) in [6.45, 7) is 3.61. The summed E-state index contributed by atoms with van der Waals surface area (Å²) in [5.41, 5.74) is 2.21. The molecular weight excluding hydrogens is 238 g/mol. The van der Waals surface area contributed by atoms with Gasteiger partial charge in [0.25, 0.3) is 0 Å². The van der Waals surface area contributed by atoms with Gasteiger partial charge in [-0.3, -0.25) is 9.48 Å². The predicted octanol–water partition coefficient (Wildman–Crippen LogP) is 2.27. The second-order valence-electron chi connectivity index (χ2n) is 4.49. The number of fused-ring (bicyclic) bond motifs is 1. The Bertz CT molecular complexity index is 750. The van der Waals surface area contributed by atoms with Crippen LogP contribution in [0.4, 0.5) is 0 Å². The molecule has 0 saturated carbocycles. The first-order chi connectivity index (χ1) is 9.28. The highest BCUT2D eigenvalue weighted by molar-refractivity contribution is 5.81. The Morgan fingerprint density at radius 3 is 2.58 bits per heavy atom. The molecule has 3 aromatic rings. The Morgan fingerprint density at radius 1 is 1.11 bits per heavy atom. The van der Waals surface area contributed by atoms with Crippen molar-refractivity contribution in [3.8, 4) is 0 Å². The highest BCUT2D eigenvalue weighted by atomic mass is 16.1. The van der Waals surface area contributed by atoms with Crippen molar-refractivity contribution >= 4 is 10.9 Å². The second kappa shape index (κ2) is 4.72. The first kappa shape index (κ1) is 11.7. The Morgan fingerprint density at radius 2 is 1.84 bits per heavy atom. The molecule has 2 aromatic heterocycles. The summed E-state index contributed by atoms with van der Waals surface area (Å²) in [6, 6.07) is 11.4. The number of benzene rings is 1. The minimum absolute atomic E-state index is 0.0280. The van der Waals surface area contributed by atoms with Crippen LogP contribution in [-0.2, 0) is 13.1 Å². The average Bonchev–Trinajstić information content (AvgIpc) is 2.80. The third-order valence-electron chi connectivity index (χ3n) is 3.23. The summed E-state index contributed by atoms with van der Waals surface area (Å²) < 4.78 is 3.98. The highest BCUT2D eigenvalue weighted by Crippen LogP contribution is 2.19. The van der Waals surface area contributed by atoms with Crippen molar-refractivity contribution in [2.45, 2.75) is 20.0 Å². The van der Waals surface area contributed by atoms with E-state index in [4.69, 9.17) is 0 Å². The van der Waals surface area contributed by atoms with Crippen LogP contribution in [0.5, 0.6) is 0 Å². The van der Waals surface area contributed by atoms with E-state index in [9.17, 15) is 4.79 Å². The maximum atomic E-state index is 11.1. The molecule has 0 amide bonds. The standard InChI is InChI=1S/C15H15N3O/c1-2-18-15-6-4-3-5-13(15)14(16-18)11-17-9-7-12(19)8-10-17/h3-10H,2,11H2,1H3. The van der Waals surface area contributed by atoms with Gasteiger partial charge in [0.2, 0.25) is 0 Å². The molecule has 0 unspecified atom stereocenters. The molecule has 0 spiro atoms. The van der Waals surface area contributed by atoms with Gasteiger partial charge in [0.05, 0.1) is 17.8 Å². The van der Waals surface area contributed by atoms with Crippen molar-refractivity contribution in [2.75, 3.05) is 0 Å². The zero-order chi connectivity index (χ0) is 13.2. The van der Waals surface area contributed by atoms with Gasteiger partial charge in [0.1, 0.15) is 0 Å². The molecule has 0 saturated heterocycles. The van der Waals surface area contributed by atoms with Crippen molar-refractivity contribution in [2.24, 2.45) is 0 Å². The molecule has 3 rings (SSSR count). The normalized spacial score (nSPS) is 11.0. The topological polar surface area (TPSA) is 39.8 Å². The molecule has 19 heavy (non-hydrogen) atoms. The molecule has 2 heterocycles. The fourth-order valence-corrected chi connectivity index (χ4v) is 2.28. The van der Waals surface area contributed by atoms with Gasteiger partial charge in [-0.1, -0.05) is 18.2 Å². The van der Waals surface area contributed by atoms with Crippen LogP contribution in [0.3, 0.4) is 0 Å². The Hall–Kier alpha value is -2.36. The molecule has 1 aromatic carbocycles. The van der Waals surface area contributed by atoms with Gasteiger partial charge < -0.3 is 4.57 Å². The molecule has 4 nitrogen and oxygen atoms in total. The Balaban J connectivity index is 2.05. The Kier molecular flexibility index (Phi) is 2.91. The SMILES string of the molecule is CCn1nc(Cn2ccc(=O)cc2)c2ccccc21. The van der Waals surface area contributed by atoms with Crippen molar-refractivity contribution < 1.29 is 0 Å². The number of para-hydroxylation sites is 1. The van der Waals surface area contributed by atoms with Crippen LogP contribution < -0.4 is 5.43 Å². The summed E-state index contributed by atoms with van der Waals surface area (Å²) in [5.74, 6) is 0. The lowest BCUT2D eigenvalue weighted by atomic mass is 10.2. The molecule has 0 radical (unpaired) electrons. The molecule has 0 aliphatic carbocycles.